The summed E-state index contributed by atoms with van der Waals surface area (Å²) in [6.07, 6.45) is 0. The zero-order valence-electron chi connectivity index (χ0n) is 18.2. The molecular weight excluding hydrogens is 388 g/mol. The van der Waals surface area contributed by atoms with Crippen molar-refractivity contribution in [1.29, 1.82) is 0 Å². The standard InChI is InChI=1S/C26H26N2O3/c1-5-27-21-13-23-19(11-15(21)3)25(17-9-7-8-10-18(17)26(29)30)20-12-16(4)22(28-6-2)14-24(20)31-23/h7-14,27H,5-6H2,1-4H3,(H,29,30)/b28-22+. The SMILES string of the molecule is CC/N=c1\cc2oc3cc(NCC)c(C)cc3c(-c3ccccc3C(=O)O)c-2cc1C. The summed E-state index contributed by atoms with van der Waals surface area (Å²) in [6, 6.07) is 15.2. The Bertz CT molecular complexity index is 1330. The molecule has 0 bridgehead atoms. The Balaban J connectivity index is 2.20. The van der Waals surface area contributed by atoms with Gasteiger partial charge in [0.1, 0.15) is 11.3 Å². The van der Waals surface area contributed by atoms with Crippen LogP contribution in [0.1, 0.15) is 35.3 Å². The van der Waals surface area contributed by atoms with Crippen LogP contribution in [0.15, 0.2) is 57.9 Å². The first-order chi connectivity index (χ1) is 14.9. The van der Waals surface area contributed by atoms with Crippen LogP contribution in [0.2, 0.25) is 0 Å². The summed E-state index contributed by atoms with van der Waals surface area (Å²) in [4.78, 5) is 16.6. The molecular formula is C26H26N2O3. The Hall–Kier alpha value is -3.60. The summed E-state index contributed by atoms with van der Waals surface area (Å²) in [6.45, 7) is 9.59. The number of nitrogens with zero attached hydrogens (tertiary/aromatic N) is 1. The normalized spacial score (nSPS) is 11.9. The van der Waals surface area contributed by atoms with E-state index in [1.54, 1.807) is 12.1 Å². The smallest absolute Gasteiger partial charge is 0.336 e. The number of anilines is 1. The van der Waals surface area contributed by atoms with Crippen LogP contribution in [-0.4, -0.2) is 24.2 Å². The number of aryl methyl sites for hydroxylation is 2. The van der Waals surface area contributed by atoms with E-state index in [9.17, 15) is 9.90 Å². The second-order valence-corrected chi connectivity index (χ2v) is 7.63. The fraction of sp³-hybridized carbons (Fsp3) is 0.231. The monoisotopic (exact) mass is 414 g/mol. The summed E-state index contributed by atoms with van der Waals surface area (Å²) < 4.78 is 6.35. The third kappa shape index (κ3) is 3.67. The highest BCUT2D eigenvalue weighted by molar-refractivity contribution is 6.08. The van der Waals surface area contributed by atoms with Crippen LogP contribution >= 0.6 is 0 Å². The lowest BCUT2D eigenvalue weighted by Gasteiger charge is -2.19. The average Bonchev–Trinajstić information content (AvgIpc) is 2.74. The predicted octanol–water partition coefficient (Wildman–Crippen LogP) is 5.87. The van der Waals surface area contributed by atoms with Crippen molar-refractivity contribution < 1.29 is 14.3 Å². The van der Waals surface area contributed by atoms with E-state index >= 15 is 0 Å². The third-order valence-electron chi connectivity index (χ3n) is 5.51. The second kappa shape index (κ2) is 8.26. The Morgan fingerprint density at radius 2 is 1.81 bits per heavy atom. The number of rotatable bonds is 5. The van der Waals surface area contributed by atoms with Crippen molar-refractivity contribution in [3.63, 3.8) is 0 Å². The molecule has 0 amide bonds. The van der Waals surface area contributed by atoms with Gasteiger partial charge in [0.05, 0.1) is 10.9 Å². The van der Waals surface area contributed by atoms with E-state index < -0.39 is 5.97 Å². The Labute approximate surface area is 181 Å². The molecule has 0 unspecified atom stereocenters. The van der Waals surface area contributed by atoms with Crippen LogP contribution < -0.4 is 10.7 Å². The molecule has 1 aliphatic carbocycles. The molecule has 31 heavy (non-hydrogen) atoms. The molecule has 5 nitrogen and oxygen atoms in total. The number of hydrogen-bond donors (Lipinski definition) is 2. The first-order valence-corrected chi connectivity index (χ1v) is 10.5. The van der Waals surface area contributed by atoms with Gasteiger partial charge in [-0.2, -0.15) is 0 Å². The first-order valence-electron chi connectivity index (χ1n) is 10.5. The van der Waals surface area contributed by atoms with Crippen molar-refractivity contribution in [2.75, 3.05) is 18.4 Å². The summed E-state index contributed by atoms with van der Waals surface area (Å²) >= 11 is 0. The highest BCUT2D eigenvalue weighted by Crippen LogP contribution is 2.42. The molecule has 0 aromatic heterocycles. The van der Waals surface area contributed by atoms with E-state index in [1.807, 2.05) is 51.1 Å². The van der Waals surface area contributed by atoms with Gasteiger partial charge in [-0.05, 0) is 62.6 Å². The molecule has 2 N–H and O–H groups in total. The van der Waals surface area contributed by atoms with Gasteiger partial charge in [-0.15, -0.1) is 0 Å². The Morgan fingerprint density at radius 1 is 1.03 bits per heavy atom. The zero-order chi connectivity index (χ0) is 22.1. The predicted molar refractivity (Wildman–Crippen MR) is 125 cm³/mol. The van der Waals surface area contributed by atoms with E-state index in [0.29, 0.717) is 23.5 Å². The van der Waals surface area contributed by atoms with Crippen molar-refractivity contribution in [3.05, 3.63) is 70.6 Å². The topological polar surface area (TPSA) is 74.8 Å². The van der Waals surface area contributed by atoms with Crippen molar-refractivity contribution >= 4 is 22.6 Å². The number of aromatic carboxylic acids is 1. The largest absolute Gasteiger partial charge is 0.478 e. The molecule has 158 valence electrons. The van der Waals surface area contributed by atoms with Crippen LogP contribution in [-0.2, 0) is 0 Å². The minimum atomic E-state index is -0.951. The number of fused-ring (bicyclic) bond motifs is 2. The van der Waals surface area contributed by atoms with Crippen molar-refractivity contribution in [2.24, 2.45) is 4.99 Å². The highest BCUT2D eigenvalue weighted by atomic mass is 16.4. The lowest BCUT2D eigenvalue weighted by Crippen LogP contribution is -2.09. The molecule has 2 aliphatic rings. The second-order valence-electron chi connectivity index (χ2n) is 7.63. The molecule has 5 heteroatoms. The Morgan fingerprint density at radius 3 is 2.52 bits per heavy atom. The lowest BCUT2D eigenvalue weighted by molar-refractivity contribution is 0.0697. The van der Waals surface area contributed by atoms with E-state index in [-0.39, 0.29) is 5.56 Å². The number of nitrogens with one attached hydrogen (secondary N) is 1. The van der Waals surface area contributed by atoms with E-state index in [4.69, 9.17) is 4.42 Å². The van der Waals surface area contributed by atoms with Gasteiger partial charge < -0.3 is 14.8 Å². The van der Waals surface area contributed by atoms with Gasteiger partial charge in [0.25, 0.3) is 0 Å². The number of carboxylic acid groups (broad SMARTS) is 1. The van der Waals surface area contributed by atoms with Crippen LogP contribution in [0.5, 0.6) is 0 Å². The van der Waals surface area contributed by atoms with Gasteiger partial charge in [-0.3, -0.25) is 4.99 Å². The van der Waals surface area contributed by atoms with Gasteiger partial charge in [0.15, 0.2) is 0 Å². The van der Waals surface area contributed by atoms with Crippen LogP contribution in [0.3, 0.4) is 0 Å². The van der Waals surface area contributed by atoms with E-state index in [2.05, 4.69) is 23.3 Å². The first kappa shape index (κ1) is 20.7. The summed E-state index contributed by atoms with van der Waals surface area (Å²) in [5, 5.41) is 15.0. The lowest BCUT2D eigenvalue weighted by atomic mass is 9.89. The molecule has 0 saturated carbocycles. The number of benzene rings is 3. The van der Waals surface area contributed by atoms with Crippen LogP contribution in [0.25, 0.3) is 33.4 Å². The van der Waals surface area contributed by atoms with Crippen LogP contribution in [0.4, 0.5) is 5.69 Å². The molecule has 0 atom stereocenters. The summed E-state index contributed by atoms with van der Waals surface area (Å²) in [5.74, 6) is -0.264. The molecule has 4 rings (SSSR count). The van der Waals surface area contributed by atoms with Crippen molar-refractivity contribution in [2.45, 2.75) is 27.7 Å². The van der Waals surface area contributed by atoms with Crippen molar-refractivity contribution in [3.8, 4) is 22.5 Å². The average molecular weight is 415 g/mol. The molecule has 1 heterocycles. The molecule has 1 aliphatic heterocycles. The third-order valence-corrected chi connectivity index (χ3v) is 5.51. The van der Waals surface area contributed by atoms with Gasteiger partial charge in [0.2, 0.25) is 0 Å². The quantitative estimate of drug-likeness (QED) is 0.400. The molecule has 0 spiro atoms. The van der Waals surface area contributed by atoms with Crippen LogP contribution in [0, 0.1) is 13.8 Å². The number of hydrogen-bond acceptors (Lipinski definition) is 4. The van der Waals surface area contributed by atoms with E-state index in [1.165, 1.54) is 0 Å². The maximum absolute atomic E-state index is 12.0. The molecule has 0 radical (unpaired) electrons. The summed E-state index contributed by atoms with van der Waals surface area (Å²) in [5.41, 5.74) is 6.50. The molecule has 0 saturated heterocycles. The fourth-order valence-corrected chi connectivity index (χ4v) is 4.09. The summed E-state index contributed by atoms with van der Waals surface area (Å²) in [7, 11) is 0. The number of carboxylic acids is 1. The van der Waals surface area contributed by atoms with Gasteiger partial charge in [-0.25, -0.2) is 4.79 Å². The number of carbonyl (C=O) groups is 1. The molecule has 2 aromatic rings. The fourth-order valence-electron chi connectivity index (χ4n) is 4.09. The zero-order valence-corrected chi connectivity index (χ0v) is 18.2. The molecule has 2 aromatic carbocycles. The minimum Gasteiger partial charge on any atom is -0.478 e. The van der Waals surface area contributed by atoms with Crippen molar-refractivity contribution in [1.82, 2.24) is 0 Å². The Kier molecular flexibility index (Phi) is 5.51. The maximum atomic E-state index is 12.0. The molecule has 0 fully saturated rings. The van der Waals surface area contributed by atoms with Gasteiger partial charge in [-0.1, -0.05) is 18.2 Å². The minimum absolute atomic E-state index is 0.268. The highest BCUT2D eigenvalue weighted by Gasteiger charge is 2.22. The van der Waals surface area contributed by atoms with Gasteiger partial charge in [0, 0.05) is 47.4 Å². The van der Waals surface area contributed by atoms with Gasteiger partial charge >= 0.3 is 5.97 Å². The van der Waals surface area contributed by atoms with E-state index in [0.717, 1.165) is 45.2 Å². The maximum Gasteiger partial charge on any atom is 0.336 e.